The third kappa shape index (κ3) is 3.59. The highest BCUT2D eigenvalue weighted by Gasteiger charge is 2.24. The molecular weight excluding hydrogens is 278 g/mol. The average Bonchev–Trinajstić information content (AvgIpc) is 2.39. The Bertz CT molecular complexity index is 446. The molecule has 1 aromatic rings. The predicted octanol–water partition coefficient (Wildman–Crippen LogP) is 3.04. The van der Waals surface area contributed by atoms with Crippen LogP contribution >= 0.6 is 12.4 Å². The van der Waals surface area contributed by atoms with Crippen LogP contribution < -0.4 is 0 Å². The van der Waals surface area contributed by atoms with E-state index in [1.807, 2.05) is 12.1 Å². The van der Waals surface area contributed by atoms with Crippen LogP contribution in [0.15, 0.2) is 23.1 Å². The van der Waals surface area contributed by atoms with Crippen LogP contribution in [0.1, 0.15) is 31.4 Å². The van der Waals surface area contributed by atoms with Crippen molar-refractivity contribution < 1.29 is 4.21 Å². The van der Waals surface area contributed by atoms with Gasteiger partial charge in [0, 0.05) is 17.2 Å². The largest absolute Gasteiger partial charge is 0.301 e. The first-order chi connectivity index (χ1) is 8.67. The molecule has 1 aliphatic rings. The number of hydrogen-bond acceptors (Lipinski definition) is 2. The molecule has 1 aliphatic carbocycles. The number of halogens is 1. The Morgan fingerprint density at radius 2 is 2.00 bits per heavy atom. The van der Waals surface area contributed by atoms with Crippen LogP contribution in [0.4, 0.5) is 0 Å². The molecule has 1 aromatic carbocycles. The summed E-state index contributed by atoms with van der Waals surface area (Å²) in [6, 6.07) is 6.90. The van der Waals surface area contributed by atoms with Gasteiger partial charge in [-0.25, -0.2) is 0 Å². The maximum atomic E-state index is 11.8. The van der Waals surface area contributed by atoms with Crippen LogP contribution in [0, 0.1) is 0 Å². The van der Waals surface area contributed by atoms with Crippen LogP contribution in [0.2, 0.25) is 0 Å². The van der Waals surface area contributed by atoms with Crippen molar-refractivity contribution in [2.75, 3.05) is 19.3 Å². The number of aryl methyl sites for hydroxylation is 1. The molecular formula is C15H24ClNOS. The molecule has 0 aromatic heterocycles. The van der Waals surface area contributed by atoms with E-state index in [9.17, 15) is 4.21 Å². The molecule has 108 valence electrons. The third-order valence-corrected chi connectivity index (χ3v) is 5.06. The number of rotatable bonds is 4. The Morgan fingerprint density at radius 1 is 1.32 bits per heavy atom. The van der Waals surface area contributed by atoms with Gasteiger partial charge in [-0.2, -0.15) is 0 Å². The van der Waals surface area contributed by atoms with Crippen LogP contribution in [0.25, 0.3) is 0 Å². The van der Waals surface area contributed by atoms with E-state index >= 15 is 0 Å². The van der Waals surface area contributed by atoms with Gasteiger partial charge in [-0.1, -0.05) is 26.0 Å². The van der Waals surface area contributed by atoms with Crippen molar-refractivity contribution in [1.82, 2.24) is 4.90 Å². The van der Waals surface area contributed by atoms with Gasteiger partial charge in [-0.15, -0.1) is 12.4 Å². The number of hydrogen-bond donors (Lipinski definition) is 0. The lowest BCUT2D eigenvalue weighted by atomic mass is 9.87. The summed E-state index contributed by atoms with van der Waals surface area (Å²) >= 11 is 0. The first-order valence-electron chi connectivity index (χ1n) is 6.85. The molecule has 0 radical (unpaired) electrons. The van der Waals surface area contributed by atoms with E-state index in [0.29, 0.717) is 6.04 Å². The summed E-state index contributed by atoms with van der Waals surface area (Å²) in [5.74, 6) is 0. The Labute approximate surface area is 125 Å². The van der Waals surface area contributed by atoms with Gasteiger partial charge in [-0.05, 0) is 49.5 Å². The Morgan fingerprint density at radius 3 is 2.58 bits per heavy atom. The van der Waals surface area contributed by atoms with Crippen molar-refractivity contribution in [2.24, 2.45) is 0 Å². The monoisotopic (exact) mass is 301 g/mol. The quantitative estimate of drug-likeness (QED) is 0.852. The van der Waals surface area contributed by atoms with Crippen molar-refractivity contribution in [3.8, 4) is 0 Å². The van der Waals surface area contributed by atoms with E-state index < -0.39 is 10.8 Å². The maximum Gasteiger partial charge on any atom is 0.0501 e. The van der Waals surface area contributed by atoms with Gasteiger partial charge >= 0.3 is 0 Å². The van der Waals surface area contributed by atoms with Crippen LogP contribution in [-0.2, 0) is 23.6 Å². The van der Waals surface area contributed by atoms with E-state index in [4.69, 9.17) is 0 Å². The highest BCUT2D eigenvalue weighted by molar-refractivity contribution is 7.84. The topological polar surface area (TPSA) is 20.3 Å². The molecule has 0 bridgehead atoms. The fraction of sp³-hybridized carbons (Fsp3) is 0.600. The number of likely N-dealkylation sites (N-methyl/N-ethyl adjacent to an activating group) is 1. The summed E-state index contributed by atoms with van der Waals surface area (Å²) < 4.78 is 11.8. The first-order valence-corrected chi connectivity index (χ1v) is 8.41. The van der Waals surface area contributed by atoms with Crippen LogP contribution in [-0.4, -0.2) is 34.5 Å². The number of nitrogens with zero attached hydrogens (tertiary/aromatic N) is 1. The molecule has 2 rings (SSSR count). The molecule has 0 spiro atoms. The zero-order chi connectivity index (χ0) is 13.1. The summed E-state index contributed by atoms with van der Waals surface area (Å²) in [7, 11) is -0.869. The molecule has 0 saturated carbocycles. The lowest BCUT2D eigenvalue weighted by molar-refractivity contribution is 0.198. The molecule has 0 heterocycles. The lowest BCUT2D eigenvalue weighted by Crippen LogP contribution is -2.39. The molecule has 2 unspecified atom stereocenters. The fourth-order valence-corrected chi connectivity index (χ4v) is 3.89. The summed E-state index contributed by atoms with van der Waals surface area (Å²) in [5, 5.41) is 0. The lowest BCUT2D eigenvalue weighted by Gasteiger charge is -2.34. The maximum absolute atomic E-state index is 11.8. The molecule has 2 atom stereocenters. The van der Waals surface area contributed by atoms with Gasteiger partial charge in [0.2, 0.25) is 0 Å². The molecule has 0 N–H and O–H groups in total. The second-order valence-electron chi connectivity index (χ2n) is 4.97. The minimum absolute atomic E-state index is 0. The second kappa shape index (κ2) is 7.41. The van der Waals surface area contributed by atoms with Crippen molar-refractivity contribution in [3.05, 3.63) is 29.3 Å². The third-order valence-electron chi connectivity index (χ3n) is 4.06. The van der Waals surface area contributed by atoms with Gasteiger partial charge in [0.25, 0.3) is 0 Å². The van der Waals surface area contributed by atoms with E-state index in [0.717, 1.165) is 30.8 Å². The molecule has 0 aliphatic heterocycles. The fourth-order valence-electron chi connectivity index (χ4n) is 3.06. The van der Waals surface area contributed by atoms with Gasteiger partial charge in [0.1, 0.15) is 0 Å². The van der Waals surface area contributed by atoms with Crippen molar-refractivity contribution in [3.63, 3.8) is 0 Å². The predicted molar refractivity (Wildman–Crippen MR) is 84.8 cm³/mol. The SMILES string of the molecule is CCN(CC)C1CCc2cccc(S(C)=O)c2C1.Cl. The summed E-state index contributed by atoms with van der Waals surface area (Å²) in [5.41, 5.74) is 2.76. The standard InChI is InChI=1S/C15H23NOS.ClH/c1-4-16(5-2)13-10-9-12-7-6-8-15(18(3)17)14(12)11-13;/h6-8,13H,4-5,9-11H2,1-3H3;1H. The molecule has 4 heteroatoms. The molecule has 19 heavy (non-hydrogen) atoms. The van der Waals surface area contributed by atoms with Gasteiger partial charge in [-0.3, -0.25) is 4.21 Å². The van der Waals surface area contributed by atoms with E-state index in [2.05, 4.69) is 24.8 Å². The molecule has 0 saturated heterocycles. The van der Waals surface area contributed by atoms with Crippen molar-refractivity contribution in [1.29, 1.82) is 0 Å². The van der Waals surface area contributed by atoms with Crippen LogP contribution in [0.5, 0.6) is 0 Å². The molecule has 0 amide bonds. The highest BCUT2D eigenvalue weighted by atomic mass is 35.5. The van der Waals surface area contributed by atoms with Gasteiger partial charge in [0.15, 0.2) is 0 Å². The summed E-state index contributed by atoms with van der Waals surface area (Å²) in [6.07, 6.45) is 5.21. The minimum Gasteiger partial charge on any atom is -0.301 e. The number of fused-ring (bicyclic) bond motifs is 1. The van der Waals surface area contributed by atoms with Gasteiger partial charge < -0.3 is 4.90 Å². The normalized spacial score (nSPS) is 19.7. The zero-order valence-corrected chi connectivity index (χ0v) is 13.6. The molecule has 0 fully saturated rings. The Kier molecular flexibility index (Phi) is 6.51. The average molecular weight is 302 g/mol. The summed E-state index contributed by atoms with van der Waals surface area (Å²) in [4.78, 5) is 3.57. The van der Waals surface area contributed by atoms with Crippen molar-refractivity contribution >= 4 is 23.2 Å². The van der Waals surface area contributed by atoms with Crippen molar-refractivity contribution in [2.45, 2.75) is 44.0 Å². The van der Waals surface area contributed by atoms with E-state index in [-0.39, 0.29) is 12.4 Å². The van der Waals surface area contributed by atoms with Crippen LogP contribution in [0.3, 0.4) is 0 Å². The van der Waals surface area contributed by atoms with E-state index in [1.165, 1.54) is 17.5 Å². The van der Waals surface area contributed by atoms with E-state index in [1.54, 1.807) is 6.26 Å². The smallest absolute Gasteiger partial charge is 0.0501 e. The first kappa shape index (κ1) is 16.7. The zero-order valence-electron chi connectivity index (χ0n) is 12.0. The second-order valence-corrected chi connectivity index (χ2v) is 6.31. The number of benzene rings is 1. The minimum atomic E-state index is -0.869. The Hall–Kier alpha value is -0.380. The Balaban J connectivity index is 0.00000180. The summed E-state index contributed by atoms with van der Waals surface area (Å²) in [6.45, 7) is 6.66. The molecule has 2 nitrogen and oxygen atoms in total. The highest BCUT2D eigenvalue weighted by Crippen LogP contribution is 2.28. The van der Waals surface area contributed by atoms with Gasteiger partial charge in [0.05, 0.1) is 10.8 Å².